The second-order valence-electron chi connectivity index (χ2n) is 4.84. The Balaban J connectivity index is 1.56. The highest BCUT2D eigenvalue weighted by atomic mass is 15.1. The highest BCUT2D eigenvalue weighted by Crippen LogP contribution is 2.36. The Hall–Kier alpha value is -1.15. The maximum absolute atomic E-state index is 4.06. The molecule has 1 aromatic heterocycles. The summed E-state index contributed by atoms with van der Waals surface area (Å²) in [5.74, 6) is 0. The minimum atomic E-state index is 1.09. The predicted molar refractivity (Wildman–Crippen MR) is 65.0 cm³/mol. The van der Waals surface area contributed by atoms with Crippen molar-refractivity contribution in [1.82, 2.24) is 9.88 Å². The summed E-state index contributed by atoms with van der Waals surface area (Å²) in [7, 11) is 0. The molecule has 0 radical (unpaired) electrons. The first kappa shape index (κ1) is 10.0. The Labute approximate surface area is 97.0 Å². The first-order valence-electron chi connectivity index (χ1n) is 6.23. The lowest BCUT2D eigenvalue weighted by Gasteiger charge is -2.28. The van der Waals surface area contributed by atoms with Crippen molar-refractivity contribution in [3.05, 3.63) is 41.2 Å². The standard InChI is InChI=1S/C14H18N2/c1-2-13(1)14-5-9-16(10-6-14)11-12-3-7-15-8-4-12/h3-4,7-8H,1-2,5-6,9-11H2. The number of rotatable bonds is 2. The van der Waals surface area contributed by atoms with Crippen molar-refractivity contribution in [3.8, 4) is 0 Å². The van der Waals surface area contributed by atoms with Crippen LogP contribution in [-0.2, 0) is 6.54 Å². The summed E-state index contributed by atoms with van der Waals surface area (Å²) in [6.45, 7) is 3.56. The number of piperidine rings is 1. The van der Waals surface area contributed by atoms with Gasteiger partial charge in [-0.2, -0.15) is 0 Å². The van der Waals surface area contributed by atoms with Crippen molar-refractivity contribution >= 4 is 0 Å². The van der Waals surface area contributed by atoms with Gasteiger partial charge in [0.05, 0.1) is 0 Å². The van der Waals surface area contributed by atoms with Crippen LogP contribution in [0.15, 0.2) is 35.7 Å². The third-order valence-corrected chi connectivity index (χ3v) is 3.62. The van der Waals surface area contributed by atoms with Crippen LogP contribution in [0.4, 0.5) is 0 Å². The number of hydrogen-bond acceptors (Lipinski definition) is 2. The van der Waals surface area contributed by atoms with Gasteiger partial charge in [-0.25, -0.2) is 0 Å². The minimum absolute atomic E-state index is 1.09. The van der Waals surface area contributed by atoms with Crippen molar-refractivity contribution < 1.29 is 0 Å². The molecule has 0 unspecified atom stereocenters. The van der Waals surface area contributed by atoms with E-state index in [1.54, 1.807) is 11.1 Å². The van der Waals surface area contributed by atoms with Crippen LogP contribution >= 0.6 is 0 Å². The van der Waals surface area contributed by atoms with Crippen molar-refractivity contribution in [2.24, 2.45) is 0 Å². The number of aromatic nitrogens is 1. The number of pyridine rings is 1. The summed E-state index contributed by atoms with van der Waals surface area (Å²) >= 11 is 0. The molecule has 0 aromatic carbocycles. The third kappa shape index (κ3) is 2.33. The minimum Gasteiger partial charge on any atom is -0.298 e. The fraction of sp³-hybridized carbons (Fsp3) is 0.500. The third-order valence-electron chi connectivity index (χ3n) is 3.62. The molecule has 1 aromatic rings. The lowest BCUT2D eigenvalue weighted by Crippen LogP contribution is -2.30. The van der Waals surface area contributed by atoms with E-state index in [1.807, 2.05) is 12.4 Å². The molecule has 1 saturated heterocycles. The van der Waals surface area contributed by atoms with Crippen LogP contribution < -0.4 is 0 Å². The summed E-state index contributed by atoms with van der Waals surface area (Å²) in [6.07, 6.45) is 9.16. The molecule has 0 atom stereocenters. The van der Waals surface area contributed by atoms with Crippen LogP contribution in [0.2, 0.25) is 0 Å². The van der Waals surface area contributed by atoms with Crippen molar-refractivity contribution in [1.29, 1.82) is 0 Å². The molecule has 0 spiro atoms. The van der Waals surface area contributed by atoms with Gasteiger partial charge in [0.1, 0.15) is 0 Å². The van der Waals surface area contributed by atoms with Gasteiger partial charge in [-0.15, -0.1) is 0 Å². The predicted octanol–water partition coefficient (Wildman–Crippen LogP) is 2.77. The van der Waals surface area contributed by atoms with Gasteiger partial charge in [-0.05, 0) is 43.4 Å². The van der Waals surface area contributed by atoms with Crippen molar-refractivity contribution in [3.63, 3.8) is 0 Å². The Morgan fingerprint density at radius 2 is 1.56 bits per heavy atom. The van der Waals surface area contributed by atoms with E-state index in [9.17, 15) is 0 Å². The fourth-order valence-electron chi connectivity index (χ4n) is 2.50. The highest BCUT2D eigenvalue weighted by Gasteiger charge is 2.21. The SMILES string of the molecule is c1cc(CN2CCC(=C3CC3)CC2)ccn1. The van der Waals surface area contributed by atoms with Gasteiger partial charge in [0.2, 0.25) is 0 Å². The lowest BCUT2D eigenvalue weighted by molar-refractivity contribution is 0.248. The summed E-state index contributed by atoms with van der Waals surface area (Å²) in [5.41, 5.74) is 4.92. The zero-order chi connectivity index (χ0) is 10.8. The smallest absolute Gasteiger partial charge is 0.0271 e. The average molecular weight is 214 g/mol. The first-order chi connectivity index (χ1) is 7.92. The van der Waals surface area contributed by atoms with Gasteiger partial charge in [0, 0.05) is 32.0 Å². The lowest BCUT2D eigenvalue weighted by atomic mass is 10.0. The second-order valence-corrected chi connectivity index (χ2v) is 4.84. The molecule has 0 N–H and O–H groups in total. The monoisotopic (exact) mass is 214 g/mol. The Morgan fingerprint density at radius 1 is 0.938 bits per heavy atom. The van der Waals surface area contributed by atoms with E-state index >= 15 is 0 Å². The van der Waals surface area contributed by atoms with Crippen LogP contribution in [0.3, 0.4) is 0 Å². The Kier molecular flexibility index (Phi) is 2.75. The highest BCUT2D eigenvalue weighted by molar-refractivity contribution is 5.26. The molecule has 1 aliphatic carbocycles. The molecule has 16 heavy (non-hydrogen) atoms. The van der Waals surface area contributed by atoms with Gasteiger partial charge in [0.15, 0.2) is 0 Å². The molecule has 1 saturated carbocycles. The van der Waals surface area contributed by atoms with Crippen LogP contribution in [0.1, 0.15) is 31.2 Å². The van der Waals surface area contributed by atoms with E-state index in [4.69, 9.17) is 0 Å². The quantitative estimate of drug-likeness (QED) is 0.704. The van der Waals surface area contributed by atoms with Crippen LogP contribution in [0, 0.1) is 0 Å². The molecule has 1 aliphatic heterocycles. The zero-order valence-corrected chi connectivity index (χ0v) is 9.65. The van der Waals surface area contributed by atoms with Crippen LogP contribution in [0.25, 0.3) is 0 Å². The summed E-state index contributed by atoms with van der Waals surface area (Å²) in [6, 6.07) is 4.24. The van der Waals surface area contributed by atoms with E-state index in [2.05, 4.69) is 22.0 Å². The second kappa shape index (κ2) is 4.38. The van der Waals surface area contributed by atoms with Gasteiger partial charge in [-0.1, -0.05) is 11.1 Å². The van der Waals surface area contributed by atoms with E-state index in [1.165, 1.54) is 44.3 Å². The molecule has 2 heteroatoms. The average Bonchev–Trinajstić information content (AvgIpc) is 3.15. The maximum Gasteiger partial charge on any atom is 0.0271 e. The van der Waals surface area contributed by atoms with Crippen LogP contribution in [0.5, 0.6) is 0 Å². The first-order valence-corrected chi connectivity index (χ1v) is 6.23. The fourth-order valence-corrected chi connectivity index (χ4v) is 2.50. The number of likely N-dealkylation sites (tertiary alicyclic amines) is 1. The molecule has 0 amide bonds. The molecular formula is C14H18N2. The topological polar surface area (TPSA) is 16.1 Å². The maximum atomic E-state index is 4.06. The number of nitrogens with zero attached hydrogens (tertiary/aromatic N) is 2. The van der Waals surface area contributed by atoms with E-state index < -0.39 is 0 Å². The molecule has 2 nitrogen and oxygen atoms in total. The number of allylic oxidation sites excluding steroid dienone is 1. The normalized spacial score (nSPS) is 21.2. The van der Waals surface area contributed by atoms with Crippen molar-refractivity contribution in [2.75, 3.05) is 13.1 Å². The largest absolute Gasteiger partial charge is 0.298 e. The molecule has 2 fully saturated rings. The van der Waals surface area contributed by atoms with Gasteiger partial charge >= 0.3 is 0 Å². The zero-order valence-electron chi connectivity index (χ0n) is 9.65. The van der Waals surface area contributed by atoms with Gasteiger partial charge in [-0.3, -0.25) is 9.88 Å². The Morgan fingerprint density at radius 3 is 2.19 bits per heavy atom. The van der Waals surface area contributed by atoms with Crippen LogP contribution in [-0.4, -0.2) is 23.0 Å². The molecule has 0 bridgehead atoms. The summed E-state index contributed by atoms with van der Waals surface area (Å²) < 4.78 is 0. The molecule has 2 heterocycles. The molecule has 84 valence electrons. The van der Waals surface area contributed by atoms with Gasteiger partial charge < -0.3 is 0 Å². The summed E-state index contributed by atoms with van der Waals surface area (Å²) in [4.78, 5) is 6.61. The summed E-state index contributed by atoms with van der Waals surface area (Å²) in [5, 5.41) is 0. The van der Waals surface area contributed by atoms with Crippen molar-refractivity contribution in [2.45, 2.75) is 32.2 Å². The van der Waals surface area contributed by atoms with E-state index in [-0.39, 0.29) is 0 Å². The molecule has 3 rings (SSSR count). The van der Waals surface area contributed by atoms with Gasteiger partial charge in [0.25, 0.3) is 0 Å². The van der Waals surface area contributed by atoms with E-state index in [0.29, 0.717) is 0 Å². The Bertz CT molecular complexity index is 378. The number of hydrogen-bond donors (Lipinski definition) is 0. The molecular weight excluding hydrogens is 196 g/mol. The molecule has 2 aliphatic rings. The van der Waals surface area contributed by atoms with E-state index in [0.717, 1.165) is 6.54 Å².